The summed E-state index contributed by atoms with van der Waals surface area (Å²) in [5.41, 5.74) is 0.805. The van der Waals surface area contributed by atoms with Gasteiger partial charge in [-0.15, -0.1) is 0 Å². The molecule has 0 bridgehead atoms. The van der Waals surface area contributed by atoms with Gasteiger partial charge in [-0.25, -0.2) is 17.5 Å². The van der Waals surface area contributed by atoms with E-state index in [1.165, 1.54) is 52.6 Å². The van der Waals surface area contributed by atoms with Gasteiger partial charge in [0.1, 0.15) is 0 Å². The predicted octanol–water partition coefficient (Wildman–Crippen LogP) is 1.43. The highest BCUT2D eigenvalue weighted by Gasteiger charge is 2.19. The van der Waals surface area contributed by atoms with Crippen LogP contribution in [0.2, 0.25) is 0 Å². The molecule has 1 amide bonds. The molecular formula is C20H24N2O7S. The largest absolute Gasteiger partial charge is 0.493 e. The van der Waals surface area contributed by atoms with Crippen molar-refractivity contribution in [3.05, 3.63) is 53.6 Å². The van der Waals surface area contributed by atoms with Gasteiger partial charge < -0.3 is 19.5 Å². The fourth-order valence-corrected chi connectivity index (χ4v) is 3.40. The Hall–Kier alpha value is -3.11. The maximum absolute atomic E-state index is 12.2. The highest BCUT2D eigenvalue weighted by molar-refractivity contribution is 7.89. The van der Waals surface area contributed by atoms with Gasteiger partial charge in [0.2, 0.25) is 10.0 Å². The molecule has 0 aliphatic rings. The van der Waals surface area contributed by atoms with Crippen LogP contribution in [0, 0.1) is 0 Å². The molecule has 0 aliphatic heterocycles. The molecule has 30 heavy (non-hydrogen) atoms. The van der Waals surface area contributed by atoms with E-state index in [-0.39, 0.29) is 17.0 Å². The summed E-state index contributed by atoms with van der Waals surface area (Å²) in [5, 5.41) is 2.63. The molecule has 0 heterocycles. The number of hydrogen-bond acceptors (Lipinski definition) is 7. The number of rotatable bonds is 9. The van der Waals surface area contributed by atoms with Crippen molar-refractivity contribution < 1.29 is 32.2 Å². The maximum Gasteiger partial charge on any atom is 0.338 e. The quantitative estimate of drug-likeness (QED) is 0.592. The first kappa shape index (κ1) is 23.2. The first-order valence-electron chi connectivity index (χ1n) is 8.86. The lowest BCUT2D eigenvalue weighted by Gasteiger charge is -2.12. The number of methoxy groups -OCH3 is 2. The van der Waals surface area contributed by atoms with Crippen LogP contribution in [-0.2, 0) is 26.1 Å². The molecule has 0 saturated heterocycles. The fraction of sp³-hybridized carbons (Fsp3) is 0.300. The number of carbonyl (C=O) groups excluding carboxylic acids is 2. The summed E-state index contributed by atoms with van der Waals surface area (Å²) in [5.74, 6) is -0.203. The zero-order valence-electron chi connectivity index (χ0n) is 17.2. The predicted molar refractivity (Wildman–Crippen MR) is 109 cm³/mol. The first-order chi connectivity index (χ1) is 14.2. The Balaban J connectivity index is 1.93. The third kappa shape index (κ3) is 5.71. The third-order valence-electron chi connectivity index (χ3n) is 4.12. The summed E-state index contributed by atoms with van der Waals surface area (Å²) in [4.78, 5) is 24.1. The number of nitrogens with zero attached hydrogens (tertiary/aromatic N) is 1. The van der Waals surface area contributed by atoms with Gasteiger partial charge in [-0.1, -0.05) is 12.1 Å². The average Bonchev–Trinajstić information content (AvgIpc) is 2.75. The molecule has 2 aromatic rings. The monoisotopic (exact) mass is 436 g/mol. The number of esters is 1. The molecule has 0 radical (unpaired) electrons. The van der Waals surface area contributed by atoms with Crippen molar-refractivity contribution in [3.8, 4) is 11.5 Å². The number of ether oxygens (including phenoxy) is 3. The lowest BCUT2D eigenvalue weighted by Crippen LogP contribution is -2.28. The number of amides is 1. The lowest BCUT2D eigenvalue weighted by atomic mass is 10.2. The second-order valence-electron chi connectivity index (χ2n) is 6.36. The van der Waals surface area contributed by atoms with Crippen LogP contribution in [-0.4, -0.2) is 59.5 Å². The number of nitrogens with one attached hydrogen (secondary N) is 1. The Morgan fingerprint density at radius 2 is 1.70 bits per heavy atom. The van der Waals surface area contributed by atoms with Gasteiger partial charge in [0.05, 0.1) is 24.7 Å². The first-order valence-corrected chi connectivity index (χ1v) is 10.3. The van der Waals surface area contributed by atoms with Crippen molar-refractivity contribution in [2.24, 2.45) is 0 Å². The lowest BCUT2D eigenvalue weighted by molar-refractivity contribution is -0.124. The molecule has 0 aromatic heterocycles. The minimum atomic E-state index is -3.69. The van der Waals surface area contributed by atoms with Gasteiger partial charge in [0, 0.05) is 20.6 Å². The van der Waals surface area contributed by atoms with Crippen LogP contribution < -0.4 is 14.8 Å². The second kappa shape index (κ2) is 10.1. The van der Waals surface area contributed by atoms with Crippen molar-refractivity contribution in [2.75, 3.05) is 34.9 Å². The van der Waals surface area contributed by atoms with Gasteiger partial charge in [-0.2, -0.15) is 0 Å². The molecule has 1 N–H and O–H groups in total. The molecule has 0 saturated carbocycles. The van der Waals surface area contributed by atoms with Crippen LogP contribution in [0.3, 0.4) is 0 Å². The molecule has 9 nitrogen and oxygen atoms in total. The molecular weight excluding hydrogens is 412 g/mol. The van der Waals surface area contributed by atoms with Gasteiger partial charge in [0.25, 0.3) is 5.91 Å². The molecule has 2 aromatic carbocycles. The Morgan fingerprint density at radius 3 is 2.33 bits per heavy atom. The SMILES string of the molecule is COc1ccc(CNC(=O)COC(=O)c2cccc(S(=O)(=O)N(C)C)c2)cc1OC. The van der Waals surface area contributed by atoms with Gasteiger partial charge >= 0.3 is 5.97 Å². The number of benzene rings is 2. The standard InChI is InChI=1S/C20H24N2O7S/c1-22(2)30(25,26)16-7-5-6-15(11-16)20(24)29-13-19(23)21-12-14-8-9-17(27-3)18(10-14)28-4/h5-11H,12-13H2,1-4H3,(H,21,23). The van der Waals surface area contributed by atoms with Crippen LogP contribution in [0.25, 0.3) is 0 Å². The molecule has 0 atom stereocenters. The maximum atomic E-state index is 12.2. The van der Waals surface area contributed by atoms with Gasteiger partial charge in [-0.05, 0) is 35.9 Å². The Labute approximate surface area is 175 Å². The number of carbonyl (C=O) groups is 2. The fourth-order valence-electron chi connectivity index (χ4n) is 2.45. The van der Waals surface area contributed by atoms with E-state index in [0.29, 0.717) is 11.5 Å². The van der Waals surface area contributed by atoms with E-state index in [1.54, 1.807) is 18.2 Å². The second-order valence-corrected chi connectivity index (χ2v) is 8.51. The van der Waals surface area contributed by atoms with E-state index < -0.39 is 28.5 Å². The summed E-state index contributed by atoms with van der Waals surface area (Å²) in [6, 6.07) is 10.6. The van der Waals surface area contributed by atoms with Crippen molar-refractivity contribution >= 4 is 21.9 Å². The van der Waals surface area contributed by atoms with Crippen LogP contribution in [0.15, 0.2) is 47.4 Å². The zero-order valence-corrected chi connectivity index (χ0v) is 18.0. The minimum Gasteiger partial charge on any atom is -0.493 e. The van der Waals surface area contributed by atoms with E-state index in [4.69, 9.17) is 14.2 Å². The molecule has 162 valence electrons. The number of sulfonamides is 1. The highest BCUT2D eigenvalue weighted by atomic mass is 32.2. The molecule has 10 heteroatoms. The Kier molecular flexibility index (Phi) is 7.79. The van der Waals surface area contributed by atoms with E-state index >= 15 is 0 Å². The summed E-state index contributed by atoms with van der Waals surface area (Å²) >= 11 is 0. The molecule has 0 unspecified atom stereocenters. The summed E-state index contributed by atoms with van der Waals surface area (Å²) in [7, 11) is 2.14. The smallest absolute Gasteiger partial charge is 0.338 e. The van der Waals surface area contributed by atoms with Crippen LogP contribution in [0.5, 0.6) is 11.5 Å². The Morgan fingerprint density at radius 1 is 1.00 bits per heavy atom. The summed E-state index contributed by atoms with van der Waals surface area (Å²) in [6.45, 7) is -0.302. The van der Waals surface area contributed by atoms with E-state index in [2.05, 4.69) is 5.32 Å². The van der Waals surface area contributed by atoms with Crippen LogP contribution in [0.1, 0.15) is 15.9 Å². The van der Waals surface area contributed by atoms with E-state index in [1.807, 2.05) is 0 Å². The number of hydrogen-bond donors (Lipinski definition) is 1. The normalized spacial score (nSPS) is 11.1. The van der Waals surface area contributed by atoms with E-state index in [0.717, 1.165) is 9.87 Å². The third-order valence-corrected chi connectivity index (χ3v) is 5.93. The van der Waals surface area contributed by atoms with Crippen molar-refractivity contribution in [1.82, 2.24) is 9.62 Å². The molecule has 0 spiro atoms. The minimum absolute atomic E-state index is 0.0330. The molecule has 0 aliphatic carbocycles. The van der Waals surface area contributed by atoms with Crippen molar-refractivity contribution in [2.45, 2.75) is 11.4 Å². The Bertz CT molecular complexity index is 1020. The highest BCUT2D eigenvalue weighted by Crippen LogP contribution is 2.27. The van der Waals surface area contributed by atoms with Crippen molar-refractivity contribution in [1.29, 1.82) is 0 Å². The van der Waals surface area contributed by atoms with Gasteiger partial charge in [-0.3, -0.25) is 4.79 Å². The molecule has 2 rings (SSSR count). The zero-order chi connectivity index (χ0) is 22.3. The van der Waals surface area contributed by atoms with Crippen molar-refractivity contribution in [3.63, 3.8) is 0 Å². The van der Waals surface area contributed by atoms with Crippen LogP contribution >= 0.6 is 0 Å². The summed E-state index contributed by atoms with van der Waals surface area (Å²) in [6.07, 6.45) is 0. The topological polar surface area (TPSA) is 111 Å². The molecule has 0 fully saturated rings. The van der Waals surface area contributed by atoms with Gasteiger partial charge in [0.15, 0.2) is 18.1 Å². The van der Waals surface area contributed by atoms with E-state index in [9.17, 15) is 18.0 Å². The average molecular weight is 436 g/mol. The van der Waals surface area contributed by atoms with Crippen LogP contribution in [0.4, 0.5) is 0 Å². The summed E-state index contributed by atoms with van der Waals surface area (Å²) < 4.78 is 40.7.